The highest BCUT2D eigenvalue weighted by Crippen LogP contribution is 2.28. The van der Waals surface area contributed by atoms with Gasteiger partial charge in [-0.1, -0.05) is 23.2 Å². The van der Waals surface area contributed by atoms with Crippen molar-refractivity contribution in [2.45, 2.75) is 0 Å². The van der Waals surface area contributed by atoms with Crippen LogP contribution >= 0.6 is 23.2 Å². The lowest BCUT2D eigenvalue weighted by Crippen LogP contribution is -1.91. The van der Waals surface area contributed by atoms with E-state index >= 15 is 0 Å². The molecular formula is C9H4Cl2FN3. The third kappa shape index (κ3) is 2.06. The van der Waals surface area contributed by atoms with Crippen molar-refractivity contribution in [1.82, 2.24) is 15.2 Å². The zero-order chi connectivity index (χ0) is 10.8. The van der Waals surface area contributed by atoms with Crippen molar-refractivity contribution in [2.24, 2.45) is 0 Å². The number of pyridine rings is 1. The third-order valence-corrected chi connectivity index (χ3v) is 2.25. The molecule has 0 aliphatic heterocycles. The van der Waals surface area contributed by atoms with Gasteiger partial charge in [-0.05, 0) is 12.1 Å². The summed E-state index contributed by atoms with van der Waals surface area (Å²) in [4.78, 5) is 3.64. The molecule has 6 heteroatoms. The summed E-state index contributed by atoms with van der Waals surface area (Å²) >= 11 is 11.4. The molecular weight excluding hydrogens is 240 g/mol. The molecule has 76 valence electrons. The minimum absolute atomic E-state index is 0.101. The number of rotatable bonds is 1. The van der Waals surface area contributed by atoms with E-state index in [1.807, 2.05) is 0 Å². The molecule has 2 heterocycles. The maximum atomic E-state index is 13.4. The molecule has 0 fully saturated rings. The lowest BCUT2D eigenvalue weighted by molar-refractivity contribution is 0.625. The molecule has 0 aromatic carbocycles. The molecule has 0 atom stereocenters. The molecule has 2 aromatic rings. The quantitative estimate of drug-likeness (QED) is 0.773. The smallest absolute Gasteiger partial charge is 0.159 e. The molecule has 0 aliphatic carbocycles. The van der Waals surface area contributed by atoms with Crippen LogP contribution in [0.25, 0.3) is 11.1 Å². The number of hydrogen-bond acceptors (Lipinski definition) is 3. The van der Waals surface area contributed by atoms with Crippen molar-refractivity contribution in [3.05, 3.63) is 40.6 Å². The van der Waals surface area contributed by atoms with Gasteiger partial charge in [0.15, 0.2) is 10.3 Å². The van der Waals surface area contributed by atoms with Gasteiger partial charge >= 0.3 is 0 Å². The maximum Gasteiger partial charge on any atom is 0.159 e. The summed E-state index contributed by atoms with van der Waals surface area (Å²) < 4.78 is 13.4. The largest absolute Gasteiger partial charge is 0.262 e. The van der Waals surface area contributed by atoms with Gasteiger partial charge in [0.2, 0.25) is 0 Å². The van der Waals surface area contributed by atoms with Crippen LogP contribution in [0, 0.1) is 5.82 Å². The Kier molecular flexibility index (Phi) is 2.79. The Morgan fingerprint density at radius 3 is 2.67 bits per heavy atom. The van der Waals surface area contributed by atoms with Crippen LogP contribution in [-0.4, -0.2) is 15.2 Å². The summed E-state index contributed by atoms with van der Waals surface area (Å²) in [5, 5.41) is 7.39. The first-order valence-corrected chi connectivity index (χ1v) is 4.72. The van der Waals surface area contributed by atoms with Gasteiger partial charge in [0.25, 0.3) is 0 Å². The second-order valence-electron chi connectivity index (χ2n) is 2.73. The van der Waals surface area contributed by atoms with Gasteiger partial charge in [0, 0.05) is 17.3 Å². The number of nitrogens with zero attached hydrogens (tertiary/aromatic N) is 3. The fourth-order valence-electron chi connectivity index (χ4n) is 1.14. The lowest BCUT2D eigenvalue weighted by atomic mass is 10.1. The van der Waals surface area contributed by atoms with Gasteiger partial charge in [-0.2, -0.15) is 0 Å². The van der Waals surface area contributed by atoms with Crippen LogP contribution in [0.2, 0.25) is 10.3 Å². The Hall–Kier alpha value is -1.26. The van der Waals surface area contributed by atoms with E-state index in [1.165, 1.54) is 18.3 Å². The van der Waals surface area contributed by atoms with E-state index in [-0.39, 0.29) is 10.3 Å². The topological polar surface area (TPSA) is 38.7 Å². The van der Waals surface area contributed by atoms with Crippen molar-refractivity contribution in [2.75, 3.05) is 0 Å². The predicted molar refractivity (Wildman–Crippen MR) is 55.2 cm³/mol. The summed E-state index contributed by atoms with van der Waals surface area (Å²) in [5.41, 5.74) is 0.698. The molecule has 0 aliphatic rings. The Balaban J connectivity index is 2.64. The fourth-order valence-corrected chi connectivity index (χ4v) is 1.48. The summed E-state index contributed by atoms with van der Waals surface area (Å²) in [5.74, 6) is -0.483. The predicted octanol–water partition coefficient (Wildman–Crippen LogP) is 2.98. The zero-order valence-electron chi connectivity index (χ0n) is 7.28. The van der Waals surface area contributed by atoms with E-state index in [1.54, 1.807) is 0 Å². The van der Waals surface area contributed by atoms with E-state index in [0.29, 0.717) is 11.1 Å². The molecule has 0 saturated carbocycles. The van der Waals surface area contributed by atoms with Gasteiger partial charge in [-0.15, -0.1) is 10.2 Å². The normalized spacial score (nSPS) is 10.3. The summed E-state index contributed by atoms with van der Waals surface area (Å²) in [6.07, 6.45) is 2.56. The number of hydrogen-bond donors (Lipinski definition) is 0. The highest BCUT2D eigenvalue weighted by Gasteiger charge is 2.10. The highest BCUT2D eigenvalue weighted by atomic mass is 35.5. The van der Waals surface area contributed by atoms with E-state index in [0.717, 1.165) is 6.20 Å². The molecule has 2 rings (SSSR count). The summed E-state index contributed by atoms with van der Waals surface area (Å²) in [7, 11) is 0. The zero-order valence-corrected chi connectivity index (χ0v) is 8.80. The Morgan fingerprint density at radius 2 is 1.93 bits per heavy atom. The molecule has 0 bridgehead atoms. The van der Waals surface area contributed by atoms with Crippen molar-refractivity contribution in [3.63, 3.8) is 0 Å². The first-order chi connectivity index (χ1) is 7.18. The number of halogens is 3. The van der Waals surface area contributed by atoms with Crippen molar-refractivity contribution >= 4 is 23.2 Å². The standard InChI is InChI=1S/C9H4Cl2FN3/c10-8-3-6(9(11)15-14-8)5-1-2-13-4-7(5)12/h1-4H. The fraction of sp³-hybridized carbons (Fsp3) is 0. The van der Waals surface area contributed by atoms with Gasteiger partial charge < -0.3 is 0 Å². The molecule has 0 saturated heterocycles. The maximum absolute atomic E-state index is 13.4. The molecule has 3 nitrogen and oxygen atoms in total. The average Bonchev–Trinajstić information content (AvgIpc) is 2.23. The van der Waals surface area contributed by atoms with Crippen LogP contribution in [0.4, 0.5) is 4.39 Å². The summed E-state index contributed by atoms with van der Waals surface area (Å²) in [6, 6.07) is 2.95. The SMILES string of the molecule is Fc1cnccc1-c1cc(Cl)nnc1Cl. The van der Waals surface area contributed by atoms with Gasteiger partial charge in [0.05, 0.1) is 6.20 Å². The van der Waals surface area contributed by atoms with E-state index in [9.17, 15) is 4.39 Å². The van der Waals surface area contributed by atoms with Crippen molar-refractivity contribution in [3.8, 4) is 11.1 Å². The first-order valence-electron chi connectivity index (χ1n) is 3.97. The average molecular weight is 244 g/mol. The first kappa shape index (κ1) is 10.3. The molecule has 0 N–H and O–H groups in total. The van der Waals surface area contributed by atoms with Gasteiger partial charge in [-0.3, -0.25) is 4.98 Å². The molecule has 2 aromatic heterocycles. The second-order valence-corrected chi connectivity index (χ2v) is 3.47. The monoisotopic (exact) mass is 243 g/mol. The van der Waals surface area contributed by atoms with Crippen LogP contribution in [0.1, 0.15) is 0 Å². The Labute approximate surface area is 94.9 Å². The molecule has 0 unspecified atom stereocenters. The van der Waals surface area contributed by atoms with Gasteiger partial charge in [-0.25, -0.2) is 4.39 Å². The van der Waals surface area contributed by atoms with Crippen LogP contribution in [0.5, 0.6) is 0 Å². The Morgan fingerprint density at radius 1 is 1.13 bits per heavy atom. The second kappa shape index (κ2) is 4.08. The van der Waals surface area contributed by atoms with Crippen LogP contribution in [0.15, 0.2) is 24.5 Å². The van der Waals surface area contributed by atoms with E-state index < -0.39 is 5.82 Å². The molecule has 0 amide bonds. The molecule has 0 spiro atoms. The number of aromatic nitrogens is 3. The lowest BCUT2D eigenvalue weighted by Gasteiger charge is -2.03. The van der Waals surface area contributed by atoms with Crippen LogP contribution < -0.4 is 0 Å². The minimum Gasteiger partial charge on any atom is -0.262 e. The third-order valence-electron chi connectivity index (χ3n) is 1.78. The van der Waals surface area contributed by atoms with Crippen molar-refractivity contribution in [1.29, 1.82) is 0 Å². The van der Waals surface area contributed by atoms with E-state index in [4.69, 9.17) is 23.2 Å². The highest BCUT2D eigenvalue weighted by molar-refractivity contribution is 6.33. The van der Waals surface area contributed by atoms with Crippen LogP contribution in [-0.2, 0) is 0 Å². The minimum atomic E-state index is -0.483. The summed E-state index contributed by atoms with van der Waals surface area (Å²) in [6.45, 7) is 0. The van der Waals surface area contributed by atoms with Crippen LogP contribution in [0.3, 0.4) is 0 Å². The van der Waals surface area contributed by atoms with Gasteiger partial charge in [0.1, 0.15) is 5.82 Å². The molecule has 0 radical (unpaired) electrons. The molecule has 15 heavy (non-hydrogen) atoms. The van der Waals surface area contributed by atoms with E-state index in [2.05, 4.69) is 15.2 Å². The van der Waals surface area contributed by atoms with Crippen molar-refractivity contribution < 1.29 is 4.39 Å². The Bertz CT molecular complexity index is 504.